The Morgan fingerprint density at radius 3 is 2.71 bits per heavy atom. The number of hydrogen-bond acceptors (Lipinski definition) is 2. The molecule has 1 aliphatic rings. The Labute approximate surface area is 145 Å². The molecule has 24 heavy (non-hydrogen) atoms. The van der Waals surface area contributed by atoms with Gasteiger partial charge in [-0.15, -0.1) is 0 Å². The van der Waals surface area contributed by atoms with Crippen LogP contribution in [0.25, 0.3) is 11.1 Å². The number of carbonyl (C=O) groups excluding carboxylic acids is 1. The summed E-state index contributed by atoms with van der Waals surface area (Å²) in [6.07, 6.45) is 1.31. The van der Waals surface area contributed by atoms with Crippen molar-refractivity contribution in [3.63, 3.8) is 0 Å². The number of hydrogen-bond donors (Lipinski definition) is 0. The third-order valence-electron chi connectivity index (χ3n) is 4.07. The van der Waals surface area contributed by atoms with Crippen LogP contribution in [-0.4, -0.2) is 30.6 Å². The van der Waals surface area contributed by atoms with Crippen LogP contribution in [0.3, 0.4) is 0 Å². The van der Waals surface area contributed by atoms with E-state index in [4.69, 9.17) is 16.3 Å². The molecular formula is C19H17ClFNO2. The van der Waals surface area contributed by atoms with Gasteiger partial charge in [0.25, 0.3) is 0 Å². The zero-order valence-electron chi connectivity index (χ0n) is 13.0. The number of amides is 1. The minimum absolute atomic E-state index is 0.133. The SMILES string of the molecule is C=CC(=O)N1CCOC[C@H]1c1cc(Cl)cc(-c2ccc(F)cc2)c1. The van der Waals surface area contributed by atoms with Crippen LogP contribution in [0.5, 0.6) is 0 Å². The molecule has 5 heteroatoms. The first-order valence-corrected chi connectivity index (χ1v) is 8.03. The molecule has 0 aromatic heterocycles. The molecule has 1 aliphatic heterocycles. The van der Waals surface area contributed by atoms with Crippen molar-refractivity contribution in [1.82, 2.24) is 4.90 Å². The summed E-state index contributed by atoms with van der Waals surface area (Å²) in [4.78, 5) is 13.8. The van der Waals surface area contributed by atoms with Crippen LogP contribution in [0.4, 0.5) is 4.39 Å². The van der Waals surface area contributed by atoms with E-state index in [1.807, 2.05) is 18.2 Å². The van der Waals surface area contributed by atoms with Gasteiger partial charge in [0.05, 0.1) is 19.3 Å². The molecule has 1 amide bonds. The molecule has 0 bridgehead atoms. The summed E-state index contributed by atoms with van der Waals surface area (Å²) in [5, 5.41) is 0.559. The second kappa shape index (κ2) is 7.16. The average molecular weight is 346 g/mol. The second-order valence-corrected chi connectivity index (χ2v) is 6.04. The number of halogens is 2. The van der Waals surface area contributed by atoms with Crippen LogP contribution in [0, 0.1) is 5.82 Å². The van der Waals surface area contributed by atoms with Crippen molar-refractivity contribution in [3.05, 3.63) is 71.5 Å². The lowest BCUT2D eigenvalue weighted by Gasteiger charge is -2.35. The van der Waals surface area contributed by atoms with E-state index in [1.54, 1.807) is 17.0 Å². The summed E-state index contributed by atoms with van der Waals surface area (Å²) in [7, 11) is 0. The minimum atomic E-state index is -0.288. The highest BCUT2D eigenvalue weighted by Gasteiger charge is 2.27. The highest BCUT2D eigenvalue weighted by atomic mass is 35.5. The topological polar surface area (TPSA) is 29.5 Å². The summed E-state index contributed by atoms with van der Waals surface area (Å²) in [5.41, 5.74) is 2.62. The predicted octanol–water partition coefficient (Wildman–Crippen LogP) is 4.23. The molecule has 124 valence electrons. The Hall–Kier alpha value is -2.17. The maximum Gasteiger partial charge on any atom is 0.246 e. The molecule has 0 saturated carbocycles. The number of nitrogens with zero attached hydrogens (tertiary/aromatic N) is 1. The largest absolute Gasteiger partial charge is 0.377 e. The van der Waals surface area contributed by atoms with Gasteiger partial charge in [-0.3, -0.25) is 4.79 Å². The number of rotatable bonds is 3. The third kappa shape index (κ3) is 3.50. The van der Waals surface area contributed by atoms with Crippen molar-refractivity contribution in [2.75, 3.05) is 19.8 Å². The van der Waals surface area contributed by atoms with Crippen molar-refractivity contribution in [2.24, 2.45) is 0 Å². The smallest absolute Gasteiger partial charge is 0.246 e. The fourth-order valence-corrected chi connectivity index (χ4v) is 3.12. The van der Waals surface area contributed by atoms with Gasteiger partial charge in [0.15, 0.2) is 0 Å². The maximum atomic E-state index is 13.1. The molecule has 1 saturated heterocycles. The molecule has 1 fully saturated rings. The highest BCUT2D eigenvalue weighted by molar-refractivity contribution is 6.31. The normalized spacial score (nSPS) is 17.6. The van der Waals surface area contributed by atoms with Crippen molar-refractivity contribution >= 4 is 17.5 Å². The van der Waals surface area contributed by atoms with Gasteiger partial charge < -0.3 is 9.64 Å². The minimum Gasteiger partial charge on any atom is -0.377 e. The lowest BCUT2D eigenvalue weighted by molar-refractivity contribution is -0.134. The molecule has 0 unspecified atom stereocenters. The van der Waals surface area contributed by atoms with Crippen molar-refractivity contribution in [2.45, 2.75) is 6.04 Å². The van der Waals surface area contributed by atoms with E-state index >= 15 is 0 Å². The first-order valence-electron chi connectivity index (χ1n) is 7.65. The fraction of sp³-hybridized carbons (Fsp3) is 0.211. The summed E-state index contributed by atoms with van der Waals surface area (Å²) in [6, 6.07) is 11.6. The van der Waals surface area contributed by atoms with Gasteiger partial charge >= 0.3 is 0 Å². The summed E-state index contributed by atoms with van der Waals surface area (Å²) >= 11 is 6.27. The van der Waals surface area contributed by atoms with Crippen LogP contribution in [0.15, 0.2) is 55.1 Å². The Morgan fingerprint density at radius 1 is 1.25 bits per heavy atom. The fourth-order valence-electron chi connectivity index (χ4n) is 2.87. The molecule has 2 aromatic rings. The molecule has 3 rings (SSSR count). The van der Waals surface area contributed by atoms with E-state index in [9.17, 15) is 9.18 Å². The van der Waals surface area contributed by atoms with Gasteiger partial charge in [0.1, 0.15) is 5.82 Å². The Kier molecular flexibility index (Phi) is 4.97. The van der Waals surface area contributed by atoms with Crippen LogP contribution < -0.4 is 0 Å². The number of benzene rings is 2. The van der Waals surface area contributed by atoms with Gasteiger partial charge in [-0.1, -0.05) is 30.3 Å². The van der Waals surface area contributed by atoms with Gasteiger partial charge in [0, 0.05) is 11.6 Å². The summed E-state index contributed by atoms with van der Waals surface area (Å²) in [5.74, 6) is -0.420. The van der Waals surface area contributed by atoms with Gasteiger partial charge in [0.2, 0.25) is 5.91 Å². The molecule has 3 nitrogen and oxygen atoms in total. The van der Waals surface area contributed by atoms with E-state index in [0.29, 0.717) is 24.8 Å². The van der Waals surface area contributed by atoms with Crippen LogP contribution in [0.2, 0.25) is 5.02 Å². The standard InChI is InChI=1S/C19H17ClFNO2/c1-2-19(23)22-7-8-24-12-18(22)15-9-14(10-16(20)11-15)13-3-5-17(21)6-4-13/h2-6,9-11,18H,1,7-8,12H2/t18-/m0/s1. The van der Waals surface area contributed by atoms with Crippen molar-refractivity contribution < 1.29 is 13.9 Å². The Bertz CT molecular complexity index is 760. The lowest BCUT2D eigenvalue weighted by atomic mass is 9.98. The first-order chi connectivity index (χ1) is 11.6. The van der Waals surface area contributed by atoms with E-state index < -0.39 is 0 Å². The van der Waals surface area contributed by atoms with Crippen molar-refractivity contribution in [1.29, 1.82) is 0 Å². The zero-order chi connectivity index (χ0) is 17.1. The van der Waals surface area contributed by atoms with Crippen LogP contribution in [-0.2, 0) is 9.53 Å². The molecule has 2 aromatic carbocycles. The molecule has 0 N–H and O–H groups in total. The molecule has 0 spiro atoms. The number of carbonyl (C=O) groups is 1. The Balaban J connectivity index is 1.99. The summed E-state index contributed by atoms with van der Waals surface area (Å²) < 4.78 is 18.7. The van der Waals surface area contributed by atoms with E-state index in [1.165, 1.54) is 18.2 Å². The predicted molar refractivity (Wildman–Crippen MR) is 92.3 cm³/mol. The van der Waals surface area contributed by atoms with E-state index in [2.05, 4.69) is 6.58 Å². The van der Waals surface area contributed by atoms with Crippen molar-refractivity contribution in [3.8, 4) is 11.1 Å². The highest BCUT2D eigenvalue weighted by Crippen LogP contribution is 2.31. The average Bonchev–Trinajstić information content (AvgIpc) is 2.61. The summed E-state index contributed by atoms with van der Waals surface area (Å²) in [6.45, 7) is 4.98. The number of morpholine rings is 1. The van der Waals surface area contributed by atoms with Gasteiger partial charge in [-0.25, -0.2) is 4.39 Å². The lowest BCUT2D eigenvalue weighted by Crippen LogP contribution is -2.42. The monoisotopic (exact) mass is 345 g/mol. The van der Waals surface area contributed by atoms with Gasteiger partial charge in [-0.2, -0.15) is 0 Å². The van der Waals surface area contributed by atoms with E-state index in [0.717, 1.165) is 16.7 Å². The molecule has 0 aliphatic carbocycles. The Morgan fingerprint density at radius 2 is 2.00 bits per heavy atom. The molecule has 0 radical (unpaired) electrons. The van der Waals surface area contributed by atoms with Crippen LogP contribution >= 0.6 is 11.6 Å². The third-order valence-corrected chi connectivity index (χ3v) is 4.29. The maximum absolute atomic E-state index is 13.1. The molecule has 1 heterocycles. The van der Waals surface area contributed by atoms with Gasteiger partial charge in [-0.05, 0) is 53.1 Å². The van der Waals surface area contributed by atoms with Crippen LogP contribution in [0.1, 0.15) is 11.6 Å². The molecule has 1 atom stereocenters. The number of ether oxygens (including phenoxy) is 1. The quantitative estimate of drug-likeness (QED) is 0.779. The zero-order valence-corrected chi connectivity index (χ0v) is 13.8. The first kappa shape index (κ1) is 16.7. The second-order valence-electron chi connectivity index (χ2n) is 5.61. The van der Waals surface area contributed by atoms with E-state index in [-0.39, 0.29) is 17.8 Å². The molecular weight excluding hydrogens is 329 g/mol.